The minimum atomic E-state index is 0.895. The number of aliphatic imine (C=N–C) groups is 1. The van der Waals surface area contributed by atoms with Crippen molar-refractivity contribution in [3.8, 4) is 0 Å². The molecule has 0 saturated heterocycles. The lowest BCUT2D eigenvalue weighted by Crippen LogP contribution is -1.91. The summed E-state index contributed by atoms with van der Waals surface area (Å²) < 4.78 is 0. The zero-order chi connectivity index (χ0) is 11.7. The fourth-order valence-corrected chi connectivity index (χ4v) is 2.02. The molecule has 0 unspecified atom stereocenters. The lowest BCUT2D eigenvalue weighted by atomic mass is 10.0. The minimum absolute atomic E-state index is 0.895. The van der Waals surface area contributed by atoms with Crippen molar-refractivity contribution in [2.45, 2.75) is 6.42 Å². The number of pyridine rings is 1. The molecular weight excluding hydrogens is 210 g/mol. The Morgan fingerprint density at radius 1 is 1.18 bits per heavy atom. The number of rotatable bonds is 2. The van der Waals surface area contributed by atoms with Crippen LogP contribution in [-0.2, 0) is 0 Å². The first-order valence-corrected chi connectivity index (χ1v) is 5.65. The molecule has 1 N–H and O–H groups in total. The van der Waals surface area contributed by atoms with Gasteiger partial charge in [0.2, 0.25) is 0 Å². The van der Waals surface area contributed by atoms with E-state index in [2.05, 4.69) is 39.6 Å². The third-order valence-corrected chi connectivity index (χ3v) is 3.00. The topological polar surface area (TPSA) is 37.3 Å². The third-order valence-electron chi connectivity index (χ3n) is 3.00. The fourth-order valence-electron chi connectivity index (χ4n) is 2.02. The summed E-state index contributed by atoms with van der Waals surface area (Å²) in [6, 6.07) is 8.49. The van der Waals surface area contributed by atoms with Crippen molar-refractivity contribution in [2.75, 3.05) is 12.4 Å². The van der Waals surface area contributed by atoms with Crippen LogP contribution in [-0.4, -0.2) is 18.2 Å². The van der Waals surface area contributed by atoms with Gasteiger partial charge in [-0.05, 0) is 28.7 Å². The third kappa shape index (κ3) is 1.80. The van der Waals surface area contributed by atoms with Crippen molar-refractivity contribution in [3.05, 3.63) is 42.2 Å². The molecule has 0 aliphatic carbocycles. The minimum Gasteiger partial charge on any atom is -0.373 e. The summed E-state index contributed by atoms with van der Waals surface area (Å²) in [5, 5.41) is 5.42. The number of hydrogen-bond acceptors (Lipinski definition) is 3. The maximum absolute atomic E-state index is 4.30. The molecule has 1 aromatic heterocycles. The molecule has 3 rings (SSSR count). The second-order valence-electron chi connectivity index (χ2n) is 4.07. The van der Waals surface area contributed by atoms with Crippen molar-refractivity contribution in [3.63, 3.8) is 0 Å². The smallest absolute Gasteiger partial charge is 0.126 e. The van der Waals surface area contributed by atoms with Crippen LogP contribution in [0, 0.1) is 0 Å². The molecule has 0 radical (unpaired) electrons. The summed E-state index contributed by atoms with van der Waals surface area (Å²) in [4.78, 5) is 8.45. The number of nitrogens with zero attached hydrogens (tertiary/aromatic N) is 2. The van der Waals surface area contributed by atoms with Crippen molar-refractivity contribution in [2.24, 2.45) is 4.99 Å². The number of benzene rings is 1. The van der Waals surface area contributed by atoms with Crippen LogP contribution in [0.15, 0.2) is 41.7 Å². The van der Waals surface area contributed by atoms with Gasteiger partial charge in [-0.2, -0.15) is 0 Å². The molecule has 3 nitrogen and oxygen atoms in total. The first-order chi connectivity index (χ1) is 8.36. The summed E-state index contributed by atoms with van der Waals surface area (Å²) in [5.41, 5.74) is 2.51. The van der Waals surface area contributed by atoms with Crippen LogP contribution in [0.5, 0.6) is 0 Å². The van der Waals surface area contributed by atoms with Gasteiger partial charge in [-0.1, -0.05) is 12.1 Å². The largest absolute Gasteiger partial charge is 0.373 e. The first kappa shape index (κ1) is 10.0. The van der Waals surface area contributed by atoms with E-state index in [1.54, 1.807) is 0 Å². The molecule has 0 atom stereocenters. The highest BCUT2D eigenvalue weighted by molar-refractivity contribution is 5.90. The quantitative estimate of drug-likeness (QED) is 0.849. The highest BCUT2D eigenvalue weighted by atomic mass is 14.9. The Hall–Kier alpha value is -2.16. The number of anilines is 1. The molecule has 3 heteroatoms. The van der Waals surface area contributed by atoms with E-state index in [9.17, 15) is 0 Å². The van der Waals surface area contributed by atoms with Gasteiger partial charge in [0.05, 0.1) is 0 Å². The van der Waals surface area contributed by atoms with Gasteiger partial charge in [-0.3, -0.25) is 4.99 Å². The number of nitrogens with one attached hydrogen (secondary N) is 1. The van der Waals surface area contributed by atoms with Crippen LogP contribution >= 0.6 is 0 Å². The summed E-state index contributed by atoms with van der Waals surface area (Å²) >= 11 is 0. The molecule has 0 spiro atoms. The Morgan fingerprint density at radius 2 is 2.12 bits per heavy atom. The number of hydrogen-bond donors (Lipinski definition) is 1. The molecule has 17 heavy (non-hydrogen) atoms. The van der Waals surface area contributed by atoms with Crippen molar-refractivity contribution in [1.29, 1.82) is 0 Å². The Morgan fingerprint density at radius 3 is 2.88 bits per heavy atom. The van der Waals surface area contributed by atoms with Crippen LogP contribution in [0.2, 0.25) is 0 Å². The van der Waals surface area contributed by atoms with Crippen molar-refractivity contribution >= 4 is 28.4 Å². The van der Waals surface area contributed by atoms with Crippen molar-refractivity contribution in [1.82, 2.24) is 4.98 Å². The lowest BCUT2D eigenvalue weighted by Gasteiger charge is -2.05. The van der Waals surface area contributed by atoms with Gasteiger partial charge in [0.1, 0.15) is 5.82 Å². The number of aromatic nitrogens is 1. The molecule has 0 bridgehead atoms. The van der Waals surface area contributed by atoms with Gasteiger partial charge in [0.15, 0.2) is 0 Å². The number of allylic oxidation sites excluding steroid dienone is 1. The van der Waals surface area contributed by atoms with Gasteiger partial charge in [0, 0.05) is 37.5 Å². The maximum atomic E-state index is 4.30. The Labute approximate surface area is 99.9 Å². The fraction of sp³-hybridized carbons (Fsp3) is 0.143. The summed E-state index contributed by atoms with van der Waals surface area (Å²) in [7, 11) is 1.88. The van der Waals surface area contributed by atoms with Crippen LogP contribution in [0.25, 0.3) is 16.3 Å². The van der Waals surface area contributed by atoms with E-state index < -0.39 is 0 Å². The van der Waals surface area contributed by atoms with Crippen molar-refractivity contribution < 1.29 is 0 Å². The molecule has 2 aromatic rings. The zero-order valence-electron chi connectivity index (χ0n) is 9.64. The first-order valence-electron chi connectivity index (χ1n) is 5.65. The average Bonchev–Trinajstić information content (AvgIpc) is 2.91. The summed E-state index contributed by atoms with van der Waals surface area (Å²) in [6.07, 6.45) is 6.69. The second-order valence-corrected chi connectivity index (χ2v) is 4.07. The van der Waals surface area contributed by atoms with Gasteiger partial charge < -0.3 is 5.32 Å². The predicted molar refractivity (Wildman–Crippen MR) is 72.4 cm³/mol. The molecule has 84 valence electrons. The van der Waals surface area contributed by atoms with E-state index in [0.29, 0.717) is 0 Å². The van der Waals surface area contributed by atoms with Gasteiger partial charge in [0.25, 0.3) is 0 Å². The Balaban J connectivity index is 2.10. The molecule has 0 saturated carbocycles. The average molecular weight is 223 g/mol. The van der Waals surface area contributed by atoms with E-state index >= 15 is 0 Å². The number of fused-ring (bicyclic) bond motifs is 1. The van der Waals surface area contributed by atoms with E-state index in [1.165, 1.54) is 16.5 Å². The SMILES string of the molecule is CNc1cc2cc(C3=CN=CC3)ccc2cn1. The van der Waals surface area contributed by atoms with Gasteiger partial charge in [-0.15, -0.1) is 0 Å². The van der Waals surface area contributed by atoms with Crippen LogP contribution in [0.4, 0.5) is 5.82 Å². The predicted octanol–water partition coefficient (Wildman–Crippen LogP) is 3.09. The molecule has 1 aliphatic rings. The normalized spacial score (nSPS) is 14.1. The molecular formula is C14H13N3. The highest BCUT2D eigenvalue weighted by Crippen LogP contribution is 2.25. The van der Waals surface area contributed by atoms with Crippen LogP contribution in [0.1, 0.15) is 12.0 Å². The molecule has 0 fully saturated rings. The van der Waals surface area contributed by atoms with E-state index in [4.69, 9.17) is 0 Å². The molecule has 2 heterocycles. The standard InChI is InChI=1S/C14H13N3/c1-15-14-7-13-6-10(12-4-5-16-8-12)2-3-11(13)9-17-14/h2-3,5-9H,4H2,1H3,(H,15,17). The Kier molecular flexibility index (Phi) is 2.37. The molecule has 1 aromatic carbocycles. The van der Waals surface area contributed by atoms with Crippen LogP contribution in [0.3, 0.4) is 0 Å². The molecule has 1 aliphatic heterocycles. The monoisotopic (exact) mass is 223 g/mol. The highest BCUT2D eigenvalue weighted by Gasteiger charge is 2.05. The maximum Gasteiger partial charge on any atom is 0.126 e. The van der Waals surface area contributed by atoms with Crippen LogP contribution < -0.4 is 5.32 Å². The van der Waals surface area contributed by atoms with E-state index in [0.717, 1.165) is 17.6 Å². The van der Waals surface area contributed by atoms with E-state index in [-0.39, 0.29) is 0 Å². The second kappa shape index (κ2) is 4.01. The van der Waals surface area contributed by atoms with Gasteiger partial charge in [-0.25, -0.2) is 4.98 Å². The van der Waals surface area contributed by atoms with E-state index in [1.807, 2.05) is 25.7 Å². The summed E-state index contributed by atoms with van der Waals surface area (Å²) in [5.74, 6) is 0.895. The Bertz CT molecular complexity index is 626. The lowest BCUT2D eigenvalue weighted by molar-refractivity contribution is 1.31. The summed E-state index contributed by atoms with van der Waals surface area (Å²) in [6.45, 7) is 0. The van der Waals surface area contributed by atoms with Gasteiger partial charge >= 0.3 is 0 Å². The zero-order valence-corrected chi connectivity index (χ0v) is 9.64. The molecule has 0 amide bonds.